The first-order chi connectivity index (χ1) is 11.6. The molecule has 0 aliphatic heterocycles. The van der Waals surface area contributed by atoms with Gasteiger partial charge in [-0.25, -0.2) is 9.97 Å². The first-order valence-corrected chi connectivity index (χ1v) is 8.14. The van der Waals surface area contributed by atoms with Crippen molar-refractivity contribution < 1.29 is 0 Å². The molecular weight excluding hydrogens is 320 g/mol. The maximum absolute atomic E-state index is 6.21. The quantitative estimate of drug-likeness (QED) is 0.731. The number of hydrogen-bond acceptors (Lipinski definition) is 4. The minimum atomic E-state index is -0.0987. The summed E-state index contributed by atoms with van der Waals surface area (Å²) in [5, 5.41) is 4.00. The highest BCUT2D eigenvalue weighted by molar-refractivity contribution is 6.31. The standard InChI is InChI=1S/C19H19ClN4/c1-13-7-8-15(9-16(13)20)18-10-19(24-12-23-18)22-11-17(21)14-5-3-2-4-6-14/h2-10,12,17H,11,21H2,1H3,(H,22,23,24)/t17-/m1/s1. The SMILES string of the molecule is Cc1ccc(-c2cc(NC[C@@H](N)c3ccccc3)ncn2)cc1Cl. The average Bonchev–Trinajstić information content (AvgIpc) is 2.63. The van der Waals surface area contributed by atoms with Gasteiger partial charge in [0.05, 0.1) is 5.69 Å². The summed E-state index contributed by atoms with van der Waals surface area (Å²) in [5.74, 6) is 0.739. The van der Waals surface area contributed by atoms with Crippen LogP contribution in [0.5, 0.6) is 0 Å². The zero-order chi connectivity index (χ0) is 16.9. The van der Waals surface area contributed by atoms with Crippen LogP contribution in [0, 0.1) is 6.92 Å². The molecule has 5 heteroatoms. The number of hydrogen-bond donors (Lipinski definition) is 2. The van der Waals surface area contributed by atoms with Crippen LogP contribution in [0.4, 0.5) is 5.82 Å². The van der Waals surface area contributed by atoms with Crippen LogP contribution in [0.25, 0.3) is 11.3 Å². The third-order valence-electron chi connectivity index (χ3n) is 3.87. The molecule has 1 aromatic heterocycles. The molecule has 0 radical (unpaired) electrons. The summed E-state index contributed by atoms with van der Waals surface area (Å²) < 4.78 is 0. The summed E-state index contributed by atoms with van der Waals surface area (Å²) in [4.78, 5) is 8.58. The van der Waals surface area contributed by atoms with Crippen molar-refractivity contribution in [1.82, 2.24) is 9.97 Å². The molecule has 0 unspecified atom stereocenters. The van der Waals surface area contributed by atoms with Gasteiger partial charge < -0.3 is 11.1 Å². The maximum Gasteiger partial charge on any atom is 0.130 e. The van der Waals surface area contributed by atoms with Crippen LogP contribution in [0.1, 0.15) is 17.2 Å². The molecule has 0 aliphatic rings. The number of aromatic nitrogens is 2. The van der Waals surface area contributed by atoms with E-state index in [4.69, 9.17) is 17.3 Å². The van der Waals surface area contributed by atoms with Gasteiger partial charge in [0.1, 0.15) is 12.1 Å². The zero-order valence-corrected chi connectivity index (χ0v) is 14.2. The van der Waals surface area contributed by atoms with E-state index in [0.29, 0.717) is 6.54 Å². The number of nitrogens with one attached hydrogen (secondary N) is 1. The Labute approximate surface area is 146 Å². The molecule has 0 amide bonds. The molecule has 0 saturated carbocycles. The number of rotatable bonds is 5. The number of nitrogens with zero attached hydrogens (tertiary/aromatic N) is 2. The number of benzene rings is 2. The molecule has 0 bridgehead atoms. The summed E-state index contributed by atoms with van der Waals surface area (Å²) in [5.41, 5.74) is 10.1. The largest absolute Gasteiger partial charge is 0.368 e. The number of anilines is 1. The maximum atomic E-state index is 6.21. The van der Waals surface area contributed by atoms with Crippen molar-refractivity contribution in [2.45, 2.75) is 13.0 Å². The van der Waals surface area contributed by atoms with Gasteiger partial charge in [0.2, 0.25) is 0 Å². The van der Waals surface area contributed by atoms with Gasteiger partial charge in [-0.2, -0.15) is 0 Å². The van der Waals surface area contributed by atoms with Gasteiger partial charge in [0.15, 0.2) is 0 Å². The molecule has 0 fully saturated rings. The summed E-state index contributed by atoms with van der Waals surface area (Å²) in [6, 6.07) is 17.7. The van der Waals surface area contributed by atoms with E-state index >= 15 is 0 Å². The molecule has 3 N–H and O–H groups in total. The number of halogens is 1. The Morgan fingerprint density at radius 2 is 1.88 bits per heavy atom. The molecule has 3 aromatic rings. The molecule has 24 heavy (non-hydrogen) atoms. The van der Waals surface area contributed by atoms with Crippen LogP contribution in [0.2, 0.25) is 5.02 Å². The van der Waals surface area contributed by atoms with Crippen LogP contribution in [0.15, 0.2) is 60.9 Å². The lowest BCUT2D eigenvalue weighted by atomic mass is 10.1. The molecule has 0 spiro atoms. The normalized spacial score (nSPS) is 12.0. The van der Waals surface area contributed by atoms with Crippen molar-refractivity contribution in [3.05, 3.63) is 77.1 Å². The number of nitrogens with two attached hydrogens (primary N) is 1. The third kappa shape index (κ3) is 3.91. The lowest BCUT2D eigenvalue weighted by Gasteiger charge is -2.14. The minimum Gasteiger partial charge on any atom is -0.368 e. The lowest BCUT2D eigenvalue weighted by Crippen LogP contribution is -2.20. The second-order valence-electron chi connectivity index (χ2n) is 5.65. The highest BCUT2D eigenvalue weighted by atomic mass is 35.5. The van der Waals surface area contributed by atoms with Gasteiger partial charge in [0.25, 0.3) is 0 Å². The fourth-order valence-electron chi connectivity index (χ4n) is 2.40. The fraction of sp³-hybridized carbons (Fsp3) is 0.158. The summed E-state index contributed by atoms with van der Waals surface area (Å²) in [6.45, 7) is 2.57. The molecule has 2 aromatic carbocycles. The van der Waals surface area contributed by atoms with Crippen LogP contribution in [0.3, 0.4) is 0 Å². The molecule has 0 aliphatic carbocycles. The van der Waals surface area contributed by atoms with Gasteiger partial charge in [-0.05, 0) is 24.1 Å². The van der Waals surface area contributed by atoms with E-state index in [0.717, 1.165) is 33.2 Å². The summed E-state index contributed by atoms with van der Waals surface area (Å²) >= 11 is 6.20. The Hall–Kier alpha value is -2.43. The van der Waals surface area contributed by atoms with E-state index in [1.807, 2.05) is 61.5 Å². The first-order valence-electron chi connectivity index (χ1n) is 7.76. The van der Waals surface area contributed by atoms with Crippen molar-refractivity contribution in [2.75, 3.05) is 11.9 Å². The van der Waals surface area contributed by atoms with Crippen LogP contribution in [-0.2, 0) is 0 Å². The Morgan fingerprint density at radius 3 is 2.62 bits per heavy atom. The number of aryl methyl sites for hydroxylation is 1. The Bertz CT molecular complexity index is 821. The first kappa shape index (κ1) is 16.4. The molecule has 0 saturated heterocycles. The molecular formula is C19H19ClN4. The fourth-order valence-corrected chi connectivity index (χ4v) is 2.58. The Balaban J connectivity index is 1.72. The van der Waals surface area contributed by atoms with E-state index in [1.54, 1.807) is 6.33 Å². The van der Waals surface area contributed by atoms with Crippen molar-refractivity contribution in [1.29, 1.82) is 0 Å². The highest BCUT2D eigenvalue weighted by Crippen LogP contribution is 2.25. The Kier molecular flexibility index (Phi) is 5.08. The molecule has 1 atom stereocenters. The third-order valence-corrected chi connectivity index (χ3v) is 4.27. The molecule has 4 nitrogen and oxygen atoms in total. The average molecular weight is 339 g/mol. The van der Waals surface area contributed by atoms with Crippen LogP contribution in [-0.4, -0.2) is 16.5 Å². The smallest absolute Gasteiger partial charge is 0.130 e. The summed E-state index contributed by atoms with van der Waals surface area (Å²) in [7, 11) is 0. The van der Waals surface area contributed by atoms with Crippen molar-refractivity contribution in [3.63, 3.8) is 0 Å². The van der Waals surface area contributed by atoms with Crippen molar-refractivity contribution >= 4 is 17.4 Å². The van der Waals surface area contributed by atoms with Gasteiger partial charge in [-0.1, -0.05) is 54.1 Å². The van der Waals surface area contributed by atoms with E-state index in [-0.39, 0.29) is 6.04 Å². The van der Waals surface area contributed by atoms with Crippen molar-refractivity contribution in [2.24, 2.45) is 5.73 Å². The summed E-state index contributed by atoms with van der Waals surface area (Å²) in [6.07, 6.45) is 1.54. The second kappa shape index (κ2) is 7.43. The minimum absolute atomic E-state index is 0.0987. The van der Waals surface area contributed by atoms with E-state index in [1.165, 1.54) is 0 Å². The zero-order valence-electron chi connectivity index (χ0n) is 13.4. The van der Waals surface area contributed by atoms with Crippen molar-refractivity contribution in [3.8, 4) is 11.3 Å². The predicted molar refractivity (Wildman–Crippen MR) is 99.1 cm³/mol. The highest BCUT2D eigenvalue weighted by Gasteiger charge is 2.07. The van der Waals surface area contributed by atoms with E-state index in [9.17, 15) is 0 Å². The van der Waals surface area contributed by atoms with Gasteiger partial charge in [-0.3, -0.25) is 0 Å². The lowest BCUT2D eigenvalue weighted by molar-refractivity contribution is 0.761. The van der Waals surface area contributed by atoms with E-state index in [2.05, 4.69) is 15.3 Å². The topological polar surface area (TPSA) is 63.8 Å². The second-order valence-corrected chi connectivity index (χ2v) is 6.06. The predicted octanol–water partition coefficient (Wildman–Crippen LogP) is 4.22. The van der Waals surface area contributed by atoms with E-state index < -0.39 is 0 Å². The van der Waals surface area contributed by atoms with Gasteiger partial charge >= 0.3 is 0 Å². The molecule has 3 rings (SSSR count). The molecule has 122 valence electrons. The van der Waals surface area contributed by atoms with Crippen LogP contribution < -0.4 is 11.1 Å². The Morgan fingerprint density at radius 1 is 1.08 bits per heavy atom. The molecule has 1 heterocycles. The van der Waals surface area contributed by atoms with Gasteiger partial charge in [-0.15, -0.1) is 0 Å². The van der Waals surface area contributed by atoms with Gasteiger partial charge in [0, 0.05) is 29.2 Å². The van der Waals surface area contributed by atoms with Crippen LogP contribution >= 0.6 is 11.6 Å². The monoisotopic (exact) mass is 338 g/mol.